The fourth-order valence-electron chi connectivity index (χ4n) is 1.13. The average molecular weight is 196 g/mol. The lowest BCUT2D eigenvalue weighted by Gasteiger charge is -2.18. The third kappa shape index (κ3) is 3.60. The van der Waals surface area contributed by atoms with Crippen molar-refractivity contribution in [3.63, 3.8) is 0 Å². The van der Waals surface area contributed by atoms with E-state index in [0.717, 1.165) is 12.8 Å². The van der Waals surface area contributed by atoms with Gasteiger partial charge in [-0.3, -0.25) is 9.59 Å². The molecule has 0 aromatic carbocycles. The van der Waals surface area contributed by atoms with Crippen molar-refractivity contribution >= 4 is 11.8 Å². The number of nitrogens with one attached hydrogen (secondary N) is 1. The Bertz CT molecular complexity index is 247. The van der Waals surface area contributed by atoms with E-state index in [9.17, 15) is 9.59 Å². The minimum Gasteiger partial charge on any atom is -0.352 e. The maximum atomic E-state index is 11.3. The van der Waals surface area contributed by atoms with Crippen molar-refractivity contribution in [2.75, 3.05) is 13.1 Å². The summed E-state index contributed by atoms with van der Waals surface area (Å²) in [6.07, 6.45) is 3.74. The van der Waals surface area contributed by atoms with Crippen molar-refractivity contribution in [3.05, 3.63) is 12.7 Å². The Morgan fingerprint density at radius 1 is 1.57 bits per heavy atom. The van der Waals surface area contributed by atoms with Crippen LogP contribution in [0.4, 0.5) is 0 Å². The first-order valence-corrected chi connectivity index (χ1v) is 4.79. The monoisotopic (exact) mass is 196 g/mol. The normalized spacial score (nSPS) is 14.6. The molecule has 14 heavy (non-hydrogen) atoms. The van der Waals surface area contributed by atoms with Crippen LogP contribution in [-0.4, -0.2) is 35.8 Å². The fraction of sp³-hybridized carbons (Fsp3) is 0.600. The van der Waals surface area contributed by atoms with Crippen LogP contribution in [0.2, 0.25) is 0 Å². The lowest BCUT2D eigenvalue weighted by atomic mass is 10.4. The van der Waals surface area contributed by atoms with Gasteiger partial charge in [0.15, 0.2) is 0 Å². The number of amides is 2. The number of carbonyl (C=O) groups is 2. The first-order chi connectivity index (χ1) is 6.63. The van der Waals surface area contributed by atoms with E-state index in [1.165, 1.54) is 11.8 Å². The number of carbonyl (C=O) groups excluding carboxylic acids is 2. The second-order valence-corrected chi connectivity index (χ2v) is 3.53. The van der Waals surface area contributed by atoms with Gasteiger partial charge in [-0.2, -0.15) is 0 Å². The van der Waals surface area contributed by atoms with Crippen molar-refractivity contribution in [3.8, 4) is 0 Å². The Hall–Kier alpha value is -1.32. The van der Waals surface area contributed by atoms with E-state index >= 15 is 0 Å². The van der Waals surface area contributed by atoms with Gasteiger partial charge >= 0.3 is 0 Å². The van der Waals surface area contributed by atoms with Gasteiger partial charge in [-0.25, -0.2) is 0 Å². The minimum atomic E-state index is -0.101. The summed E-state index contributed by atoms with van der Waals surface area (Å²) >= 11 is 0. The topological polar surface area (TPSA) is 49.4 Å². The molecule has 1 aliphatic carbocycles. The van der Waals surface area contributed by atoms with Crippen molar-refractivity contribution in [2.45, 2.75) is 25.8 Å². The summed E-state index contributed by atoms with van der Waals surface area (Å²) in [5.74, 6) is -0.180. The van der Waals surface area contributed by atoms with Crippen molar-refractivity contribution in [1.29, 1.82) is 0 Å². The van der Waals surface area contributed by atoms with Crippen LogP contribution in [0.5, 0.6) is 0 Å². The first-order valence-electron chi connectivity index (χ1n) is 4.79. The van der Waals surface area contributed by atoms with Gasteiger partial charge in [0, 0.05) is 19.5 Å². The minimum absolute atomic E-state index is 0.0791. The van der Waals surface area contributed by atoms with E-state index in [2.05, 4.69) is 11.9 Å². The molecule has 1 N–H and O–H groups in total. The van der Waals surface area contributed by atoms with Gasteiger partial charge in [-0.1, -0.05) is 6.08 Å². The highest BCUT2D eigenvalue weighted by molar-refractivity contribution is 5.84. The molecule has 1 saturated carbocycles. The zero-order valence-corrected chi connectivity index (χ0v) is 8.45. The second kappa shape index (κ2) is 4.79. The van der Waals surface area contributed by atoms with E-state index < -0.39 is 0 Å². The van der Waals surface area contributed by atoms with E-state index in [-0.39, 0.29) is 18.4 Å². The third-order valence-corrected chi connectivity index (χ3v) is 2.07. The molecule has 4 heteroatoms. The molecule has 78 valence electrons. The summed E-state index contributed by atoms with van der Waals surface area (Å²) in [4.78, 5) is 23.9. The molecule has 1 rings (SSSR count). The number of hydrogen-bond acceptors (Lipinski definition) is 2. The van der Waals surface area contributed by atoms with Crippen LogP contribution in [0.25, 0.3) is 0 Å². The molecule has 1 aliphatic rings. The summed E-state index contributed by atoms with van der Waals surface area (Å²) in [7, 11) is 0. The Kier molecular flexibility index (Phi) is 3.68. The van der Waals surface area contributed by atoms with E-state index in [1.807, 2.05) is 0 Å². The number of rotatable bonds is 5. The number of hydrogen-bond donors (Lipinski definition) is 1. The van der Waals surface area contributed by atoms with Crippen LogP contribution in [0.15, 0.2) is 12.7 Å². The predicted molar refractivity (Wildman–Crippen MR) is 53.6 cm³/mol. The van der Waals surface area contributed by atoms with Gasteiger partial charge in [-0.15, -0.1) is 6.58 Å². The Morgan fingerprint density at radius 2 is 2.21 bits per heavy atom. The zero-order valence-electron chi connectivity index (χ0n) is 8.45. The summed E-state index contributed by atoms with van der Waals surface area (Å²) in [5.41, 5.74) is 0. The molecule has 0 aromatic heterocycles. The molecule has 0 atom stereocenters. The molecular formula is C10H16N2O2. The van der Waals surface area contributed by atoms with Crippen LogP contribution in [0, 0.1) is 0 Å². The van der Waals surface area contributed by atoms with Gasteiger partial charge in [-0.05, 0) is 12.8 Å². The predicted octanol–water partition coefficient (Wildman–Crippen LogP) is 0.299. The van der Waals surface area contributed by atoms with Gasteiger partial charge in [0.1, 0.15) is 0 Å². The van der Waals surface area contributed by atoms with E-state index in [4.69, 9.17) is 0 Å². The molecule has 0 bridgehead atoms. The van der Waals surface area contributed by atoms with Crippen LogP contribution in [0.1, 0.15) is 19.8 Å². The second-order valence-electron chi connectivity index (χ2n) is 3.53. The molecule has 0 aliphatic heterocycles. The fourth-order valence-corrected chi connectivity index (χ4v) is 1.13. The quantitative estimate of drug-likeness (QED) is 0.643. The van der Waals surface area contributed by atoms with Crippen molar-refractivity contribution in [2.24, 2.45) is 0 Å². The Balaban J connectivity index is 2.32. The van der Waals surface area contributed by atoms with Gasteiger partial charge in [0.25, 0.3) is 0 Å². The Labute approximate surface area is 84.0 Å². The van der Waals surface area contributed by atoms with Gasteiger partial charge < -0.3 is 10.2 Å². The van der Waals surface area contributed by atoms with Gasteiger partial charge in [0.05, 0.1) is 6.54 Å². The molecule has 0 spiro atoms. The summed E-state index contributed by atoms with van der Waals surface area (Å²) < 4.78 is 0. The van der Waals surface area contributed by atoms with E-state index in [1.54, 1.807) is 6.08 Å². The van der Waals surface area contributed by atoms with Crippen molar-refractivity contribution < 1.29 is 9.59 Å². The summed E-state index contributed by atoms with van der Waals surface area (Å²) in [5, 5.41) is 2.83. The highest BCUT2D eigenvalue weighted by Gasteiger charge is 2.24. The van der Waals surface area contributed by atoms with Crippen LogP contribution >= 0.6 is 0 Å². The molecular weight excluding hydrogens is 180 g/mol. The smallest absolute Gasteiger partial charge is 0.239 e. The highest BCUT2D eigenvalue weighted by atomic mass is 16.2. The van der Waals surface area contributed by atoms with Crippen LogP contribution < -0.4 is 5.32 Å². The van der Waals surface area contributed by atoms with Crippen LogP contribution in [-0.2, 0) is 9.59 Å². The molecule has 2 amide bonds. The van der Waals surface area contributed by atoms with Crippen molar-refractivity contribution in [1.82, 2.24) is 10.2 Å². The maximum Gasteiger partial charge on any atom is 0.239 e. The summed E-state index contributed by atoms with van der Waals surface area (Å²) in [6, 6.07) is 0.347. The molecule has 0 aromatic rings. The lowest BCUT2D eigenvalue weighted by Crippen LogP contribution is -2.40. The molecule has 4 nitrogen and oxygen atoms in total. The lowest BCUT2D eigenvalue weighted by molar-refractivity contribution is -0.133. The third-order valence-electron chi connectivity index (χ3n) is 2.07. The SMILES string of the molecule is C=CCN(CC(=O)NC1CC1)C(C)=O. The standard InChI is InChI=1S/C10H16N2O2/c1-3-6-12(8(2)13)7-10(14)11-9-4-5-9/h3,9H,1,4-7H2,2H3,(H,11,14). The molecule has 0 radical (unpaired) electrons. The average Bonchev–Trinajstić information content (AvgIpc) is 2.87. The van der Waals surface area contributed by atoms with Crippen LogP contribution in [0.3, 0.4) is 0 Å². The maximum absolute atomic E-state index is 11.3. The number of nitrogens with zero attached hydrogens (tertiary/aromatic N) is 1. The van der Waals surface area contributed by atoms with E-state index in [0.29, 0.717) is 12.6 Å². The molecule has 0 saturated heterocycles. The molecule has 0 heterocycles. The Morgan fingerprint density at radius 3 is 2.64 bits per heavy atom. The first kappa shape index (κ1) is 10.8. The largest absolute Gasteiger partial charge is 0.352 e. The molecule has 1 fully saturated rings. The highest BCUT2D eigenvalue weighted by Crippen LogP contribution is 2.18. The zero-order chi connectivity index (χ0) is 10.6. The van der Waals surface area contributed by atoms with Gasteiger partial charge in [0.2, 0.25) is 11.8 Å². The summed E-state index contributed by atoms with van der Waals surface area (Å²) in [6.45, 7) is 5.55. The molecule has 0 unspecified atom stereocenters.